The molecule has 0 saturated carbocycles. The van der Waals surface area contributed by atoms with Crippen LogP contribution in [0.15, 0.2) is 24.3 Å². The Morgan fingerprint density at radius 3 is 2.74 bits per heavy atom. The number of ether oxygens (including phenoxy) is 1. The molecular formula is C14H23ClN2O2. The van der Waals surface area contributed by atoms with Crippen LogP contribution in [0.3, 0.4) is 0 Å². The van der Waals surface area contributed by atoms with Gasteiger partial charge in [-0.2, -0.15) is 0 Å². The molecule has 1 amide bonds. The van der Waals surface area contributed by atoms with Gasteiger partial charge in [-0.3, -0.25) is 4.79 Å². The Labute approximate surface area is 121 Å². The average molecular weight is 287 g/mol. The number of nitrogens with two attached hydrogens (primary N) is 1. The van der Waals surface area contributed by atoms with Crippen LogP contribution in [0.5, 0.6) is 5.75 Å². The Bertz CT molecular complexity index is 372. The first-order chi connectivity index (χ1) is 8.74. The van der Waals surface area contributed by atoms with E-state index in [9.17, 15) is 4.79 Å². The van der Waals surface area contributed by atoms with Gasteiger partial charge in [-0.25, -0.2) is 0 Å². The van der Waals surface area contributed by atoms with E-state index in [2.05, 4.69) is 5.32 Å². The summed E-state index contributed by atoms with van der Waals surface area (Å²) < 4.78 is 5.61. The van der Waals surface area contributed by atoms with E-state index in [-0.39, 0.29) is 18.3 Å². The molecule has 0 fully saturated rings. The monoisotopic (exact) mass is 286 g/mol. The van der Waals surface area contributed by atoms with E-state index in [0.717, 1.165) is 24.2 Å². The highest BCUT2D eigenvalue weighted by Gasteiger charge is 2.01. The molecule has 4 nitrogen and oxygen atoms in total. The largest absolute Gasteiger partial charge is 0.493 e. The molecule has 1 rings (SSSR count). The van der Waals surface area contributed by atoms with Crippen LogP contribution in [0.2, 0.25) is 0 Å². The quantitative estimate of drug-likeness (QED) is 0.719. The van der Waals surface area contributed by atoms with Crippen LogP contribution >= 0.6 is 12.4 Å². The summed E-state index contributed by atoms with van der Waals surface area (Å²) in [4.78, 5) is 11.4. The number of amides is 1. The van der Waals surface area contributed by atoms with Gasteiger partial charge in [0.2, 0.25) is 5.91 Å². The summed E-state index contributed by atoms with van der Waals surface area (Å²) in [5, 5.41) is 2.82. The van der Waals surface area contributed by atoms with Crippen LogP contribution in [0.4, 0.5) is 0 Å². The summed E-state index contributed by atoms with van der Waals surface area (Å²) in [6.07, 6.45) is 2.05. The lowest BCUT2D eigenvalue weighted by molar-refractivity contribution is -0.121. The number of nitrogens with one attached hydrogen (secondary N) is 1. The fourth-order valence-corrected chi connectivity index (χ4v) is 1.55. The van der Waals surface area contributed by atoms with Crippen molar-refractivity contribution in [3.8, 4) is 5.75 Å². The van der Waals surface area contributed by atoms with Gasteiger partial charge in [-0.05, 0) is 37.9 Å². The minimum Gasteiger partial charge on any atom is -0.493 e. The number of rotatable bonds is 8. The number of carbonyl (C=O) groups is 1. The predicted octanol–water partition coefficient (Wildman–Crippen LogP) is 2.04. The second-order valence-electron chi connectivity index (χ2n) is 4.21. The first-order valence-electron chi connectivity index (χ1n) is 6.39. The molecule has 0 spiro atoms. The Morgan fingerprint density at radius 2 is 2.05 bits per heavy atom. The van der Waals surface area contributed by atoms with Crippen molar-refractivity contribution in [3.63, 3.8) is 0 Å². The molecule has 3 N–H and O–H groups in total. The Morgan fingerprint density at radius 1 is 1.32 bits per heavy atom. The Hall–Kier alpha value is -1.26. The van der Waals surface area contributed by atoms with Crippen molar-refractivity contribution in [1.82, 2.24) is 5.32 Å². The smallest absolute Gasteiger partial charge is 0.220 e. The molecule has 1 aromatic carbocycles. The zero-order valence-electron chi connectivity index (χ0n) is 11.4. The third-order valence-corrected chi connectivity index (χ3v) is 2.60. The highest BCUT2D eigenvalue weighted by Crippen LogP contribution is 2.16. The third kappa shape index (κ3) is 7.70. The normalized spacial score (nSPS) is 9.58. The molecule has 5 heteroatoms. The van der Waals surface area contributed by atoms with E-state index in [4.69, 9.17) is 10.5 Å². The molecule has 0 atom stereocenters. The van der Waals surface area contributed by atoms with Crippen LogP contribution < -0.4 is 15.8 Å². The zero-order chi connectivity index (χ0) is 13.2. The summed E-state index contributed by atoms with van der Waals surface area (Å²) >= 11 is 0. The summed E-state index contributed by atoms with van der Waals surface area (Å²) in [5.41, 5.74) is 6.46. The summed E-state index contributed by atoms with van der Waals surface area (Å²) in [6.45, 7) is 3.84. The minimum absolute atomic E-state index is 0. The molecule has 1 aromatic rings. The van der Waals surface area contributed by atoms with E-state index < -0.39 is 0 Å². The molecule has 0 heterocycles. The fraction of sp³-hybridized carbons (Fsp3) is 0.500. The van der Waals surface area contributed by atoms with E-state index in [1.807, 2.05) is 31.2 Å². The van der Waals surface area contributed by atoms with Crippen molar-refractivity contribution >= 4 is 18.3 Å². The molecule has 0 aliphatic rings. The van der Waals surface area contributed by atoms with E-state index in [1.165, 1.54) is 0 Å². The number of carbonyl (C=O) groups excluding carboxylic acids is 1. The van der Waals surface area contributed by atoms with E-state index >= 15 is 0 Å². The van der Waals surface area contributed by atoms with Crippen molar-refractivity contribution in [1.29, 1.82) is 0 Å². The van der Waals surface area contributed by atoms with Gasteiger partial charge >= 0.3 is 0 Å². The molecule has 0 radical (unpaired) electrons. The lowest BCUT2D eigenvalue weighted by Gasteiger charge is -2.08. The van der Waals surface area contributed by atoms with Gasteiger partial charge < -0.3 is 15.8 Å². The molecular weight excluding hydrogens is 264 g/mol. The fourth-order valence-electron chi connectivity index (χ4n) is 1.55. The molecule has 0 aliphatic heterocycles. The second-order valence-corrected chi connectivity index (χ2v) is 4.21. The third-order valence-electron chi connectivity index (χ3n) is 2.60. The lowest BCUT2D eigenvalue weighted by Crippen LogP contribution is -2.26. The van der Waals surface area contributed by atoms with Gasteiger partial charge in [0.1, 0.15) is 5.75 Å². The summed E-state index contributed by atoms with van der Waals surface area (Å²) in [5.74, 6) is 0.956. The van der Waals surface area contributed by atoms with Crippen molar-refractivity contribution in [2.45, 2.75) is 26.2 Å². The van der Waals surface area contributed by atoms with Crippen molar-refractivity contribution < 1.29 is 9.53 Å². The number of para-hydroxylation sites is 1. The SMILES string of the molecule is Cc1ccccc1OCCCC(=O)NCCCN.Cl. The van der Waals surface area contributed by atoms with E-state index in [1.54, 1.807) is 0 Å². The molecule has 19 heavy (non-hydrogen) atoms. The van der Waals surface area contributed by atoms with Crippen LogP contribution in [0.25, 0.3) is 0 Å². The van der Waals surface area contributed by atoms with Gasteiger partial charge in [0, 0.05) is 13.0 Å². The van der Waals surface area contributed by atoms with Crippen LogP contribution in [-0.2, 0) is 4.79 Å². The number of halogens is 1. The topological polar surface area (TPSA) is 64.3 Å². The molecule has 0 bridgehead atoms. The number of hydrogen-bond donors (Lipinski definition) is 2. The number of aryl methyl sites for hydroxylation is 1. The van der Waals surface area contributed by atoms with Gasteiger partial charge in [0.25, 0.3) is 0 Å². The average Bonchev–Trinajstić information content (AvgIpc) is 2.37. The van der Waals surface area contributed by atoms with Gasteiger partial charge in [-0.1, -0.05) is 18.2 Å². The maximum atomic E-state index is 11.4. The Balaban J connectivity index is 0.00000324. The van der Waals surface area contributed by atoms with Crippen molar-refractivity contribution in [3.05, 3.63) is 29.8 Å². The number of hydrogen-bond acceptors (Lipinski definition) is 3. The maximum absolute atomic E-state index is 11.4. The minimum atomic E-state index is 0. The molecule has 0 aliphatic carbocycles. The van der Waals surface area contributed by atoms with E-state index in [0.29, 0.717) is 26.1 Å². The molecule has 0 unspecified atom stereocenters. The molecule has 0 saturated heterocycles. The molecule has 108 valence electrons. The highest BCUT2D eigenvalue weighted by atomic mass is 35.5. The van der Waals surface area contributed by atoms with Gasteiger partial charge in [0.05, 0.1) is 6.61 Å². The summed E-state index contributed by atoms with van der Waals surface area (Å²) in [6, 6.07) is 7.88. The van der Waals surface area contributed by atoms with Crippen LogP contribution in [-0.4, -0.2) is 25.6 Å². The molecule has 0 aromatic heterocycles. The maximum Gasteiger partial charge on any atom is 0.220 e. The first kappa shape index (κ1) is 17.7. The van der Waals surface area contributed by atoms with Crippen LogP contribution in [0, 0.1) is 6.92 Å². The van der Waals surface area contributed by atoms with Crippen LogP contribution in [0.1, 0.15) is 24.8 Å². The van der Waals surface area contributed by atoms with Crippen molar-refractivity contribution in [2.24, 2.45) is 5.73 Å². The second kappa shape index (κ2) is 10.6. The van der Waals surface area contributed by atoms with Gasteiger partial charge in [-0.15, -0.1) is 12.4 Å². The summed E-state index contributed by atoms with van der Waals surface area (Å²) in [7, 11) is 0. The predicted molar refractivity (Wildman–Crippen MR) is 79.8 cm³/mol. The lowest BCUT2D eigenvalue weighted by atomic mass is 10.2. The highest BCUT2D eigenvalue weighted by molar-refractivity contribution is 5.85. The standard InChI is InChI=1S/C14H22N2O2.ClH/c1-12-6-2-3-7-13(12)18-11-4-8-14(17)16-10-5-9-15;/h2-3,6-7H,4-5,8-11,15H2,1H3,(H,16,17);1H. The van der Waals surface area contributed by atoms with Crippen molar-refractivity contribution in [2.75, 3.05) is 19.7 Å². The Kier molecular flexibility index (Phi) is 9.94. The zero-order valence-corrected chi connectivity index (χ0v) is 12.2. The van der Waals surface area contributed by atoms with Gasteiger partial charge in [0.15, 0.2) is 0 Å². The first-order valence-corrected chi connectivity index (χ1v) is 6.39. The number of benzene rings is 1.